The number of imidazole rings is 1. The van der Waals surface area contributed by atoms with Crippen LogP contribution >= 0.6 is 11.3 Å². The van der Waals surface area contributed by atoms with E-state index in [0.29, 0.717) is 38.7 Å². The van der Waals surface area contributed by atoms with Crippen molar-refractivity contribution in [3.05, 3.63) is 59.0 Å². The Hall–Kier alpha value is -2.99. The number of carbonyl (C=O) groups excluding carboxylic acids is 2. The van der Waals surface area contributed by atoms with Crippen LogP contribution in [0.2, 0.25) is 0 Å². The molecule has 188 valence electrons. The van der Waals surface area contributed by atoms with Crippen molar-refractivity contribution in [1.29, 1.82) is 0 Å². The molecular formula is C24H31N5O5S. The predicted octanol–water partition coefficient (Wildman–Crippen LogP) is 2.48. The molecule has 3 aromatic rings. The Kier molecular flexibility index (Phi) is 8.01. The van der Waals surface area contributed by atoms with Gasteiger partial charge in [0.05, 0.1) is 43.9 Å². The lowest BCUT2D eigenvalue weighted by Gasteiger charge is -2.26. The molecule has 0 saturated carbocycles. The number of carbonyl (C=O) groups is 2. The van der Waals surface area contributed by atoms with Crippen molar-refractivity contribution in [2.24, 2.45) is 5.73 Å². The Morgan fingerprint density at radius 1 is 1.23 bits per heavy atom. The molecule has 1 aromatic carbocycles. The van der Waals surface area contributed by atoms with Gasteiger partial charge in [0, 0.05) is 18.5 Å². The van der Waals surface area contributed by atoms with Crippen molar-refractivity contribution in [3.63, 3.8) is 0 Å². The number of nitrogens with one attached hydrogen (secondary N) is 1. The fourth-order valence-electron chi connectivity index (χ4n) is 3.61. The highest BCUT2D eigenvalue weighted by Gasteiger charge is 2.28. The number of ether oxygens (including phenoxy) is 3. The smallest absolute Gasteiger partial charge is 0.410 e. The summed E-state index contributed by atoms with van der Waals surface area (Å²) in [6.45, 7) is 5.98. The molecule has 1 atom stereocenters. The molecule has 10 nitrogen and oxygen atoms in total. The fraction of sp³-hybridized carbons (Fsp3) is 0.458. The SMILES string of the molecule is CC(C)(N)C(=O)N[C@H](COCc1ccccc1)c1ncc2scc(COC(=O)N3CCOCC3)n12. The highest BCUT2D eigenvalue weighted by Crippen LogP contribution is 2.24. The number of nitrogens with zero attached hydrogens (tertiary/aromatic N) is 3. The number of hydrogen-bond donors (Lipinski definition) is 2. The maximum Gasteiger partial charge on any atom is 0.410 e. The zero-order valence-electron chi connectivity index (χ0n) is 19.9. The molecule has 1 saturated heterocycles. The molecule has 1 aliphatic rings. The summed E-state index contributed by atoms with van der Waals surface area (Å²) < 4.78 is 18.7. The Labute approximate surface area is 208 Å². The number of nitrogens with two attached hydrogens (primary N) is 1. The lowest BCUT2D eigenvalue weighted by molar-refractivity contribution is -0.126. The summed E-state index contributed by atoms with van der Waals surface area (Å²) in [5.41, 5.74) is 6.74. The molecule has 2 amide bonds. The van der Waals surface area contributed by atoms with Crippen LogP contribution < -0.4 is 11.1 Å². The van der Waals surface area contributed by atoms with E-state index in [2.05, 4.69) is 10.3 Å². The predicted molar refractivity (Wildman–Crippen MR) is 131 cm³/mol. The summed E-state index contributed by atoms with van der Waals surface area (Å²) in [4.78, 5) is 32.3. The van der Waals surface area contributed by atoms with E-state index < -0.39 is 11.6 Å². The largest absolute Gasteiger partial charge is 0.443 e. The van der Waals surface area contributed by atoms with Gasteiger partial charge in [-0.05, 0) is 19.4 Å². The number of thiazole rings is 1. The Morgan fingerprint density at radius 2 is 1.97 bits per heavy atom. The molecule has 1 fully saturated rings. The zero-order valence-corrected chi connectivity index (χ0v) is 20.8. The Balaban J connectivity index is 1.51. The molecule has 3 N–H and O–H groups in total. The summed E-state index contributed by atoms with van der Waals surface area (Å²) in [6, 6.07) is 9.24. The van der Waals surface area contributed by atoms with Gasteiger partial charge < -0.3 is 30.2 Å². The second-order valence-corrected chi connectivity index (χ2v) is 9.81. The average Bonchev–Trinajstić information content (AvgIpc) is 3.45. The quantitative estimate of drug-likeness (QED) is 0.462. The van der Waals surface area contributed by atoms with Gasteiger partial charge in [0.2, 0.25) is 5.91 Å². The molecule has 3 heterocycles. The number of morpholine rings is 1. The lowest BCUT2D eigenvalue weighted by Crippen LogP contribution is -2.51. The highest BCUT2D eigenvalue weighted by atomic mass is 32.1. The molecule has 0 aliphatic carbocycles. The fourth-order valence-corrected chi connectivity index (χ4v) is 4.47. The van der Waals surface area contributed by atoms with Crippen molar-refractivity contribution in [3.8, 4) is 0 Å². The number of rotatable bonds is 9. The van der Waals surface area contributed by atoms with E-state index in [9.17, 15) is 9.59 Å². The average molecular weight is 502 g/mol. The number of fused-ring (bicyclic) bond motifs is 1. The monoisotopic (exact) mass is 501 g/mol. The minimum atomic E-state index is -1.07. The first-order valence-corrected chi connectivity index (χ1v) is 12.4. The van der Waals surface area contributed by atoms with Crippen LogP contribution in [0.1, 0.15) is 37.0 Å². The molecule has 35 heavy (non-hydrogen) atoms. The first-order valence-electron chi connectivity index (χ1n) is 11.5. The van der Waals surface area contributed by atoms with Gasteiger partial charge in [-0.3, -0.25) is 9.20 Å². The second-order valence-electron chi connectivity index (χ2n) is 8.92. The van der Waals surface area contributed by atoms with Crippen molar-refractivity contribution in [2.75, 3.05) is 32.9 Å². The summed E-state index contributed by atoms with van der Waals surface area (Å²) in [7, 11) is 0. The van der Waals surface area contributed by atoms with Crippen LogP contribution in [0, 0.1) is 0 Å². The van der Waals surface area contributed by atoms with Crippen LogP contribution in [-0.2, 0) is 32.2 Å². The van der Waals surface area contributed by atoms with Crippen LogP contribution in [-0.4, -0.2) is 64.7 Å². The third kappa shape index (κ3) is 6.37. The number of benzene rings is 1. The molecular weight excluding hydrogens is 470 g/mol. The Morgan fingerprint density at radius 3 is 2.69 bits per heavy atom. The van der Waals surface area contributed by atoms with Crippen molar-refractivity contribution in [2.45, 2.75) is 38.6 Å². The molecule has 1 aliphatic heterocycles. The van der Waals surface area contributed by atoms with Crippen LogP contribution in [0.4, 0.5) is 4.79 Å². The van der Waals surface area contributed by atoms with Crippen molar-refractivity contribution < 1.29 is 23.8 Å². The van der Waals surface area contributed by atoms with Crippen molar-refractivity contribution >= 4 is 28.2 Å². The third-order valence-corrected chi connectivity index (χ3v) is 6.49. The highest BCUT2D eigenvalue weighted by molar-refractivity contribution is 7.15. The standard InChI is InChI=1S/C24H31N5O5S/c1-24(2,25)22(30)27-19(15-33-13-17-6-4-3-5-7-17)21-26-12-20-29(21)18(16-35-20)14-34-23(31)28-8-10-32-11-9-28/h3-7,12,16,19H,8-11,13-15,25H2,1-2H3,(H,27,30)/t19-/m1/s1. The Bertz CT molecular complexity index is 1130. The van der Waals surface area contributed by atoms with E-state index in [-0.39, 0.29) is 25.2 Å². The molecule has 2 aromatic heterocycles. The van der Waals surface area contributed by atoms with Crippen LogP contribution in [0.15, 0.2) is 41.9 Å². The van der Waals surface area contributed by atoms with E-state index in [1.54, 1.807) is 24.9 Å². The number of amides is 2. The van der Waals surface area contributed by atoms with Gasteiger partial charge in [-0.2, -0.15) is 0 Å². The van der Waals surface area contributed by atoms with Crippen LogP contribution in [0.3, 0.4) is 0 Å². The van der Waals surface area contributed by atoms with Gasteiger partial charge in [-0.15, -0.1) is 11.3 Å². The summed E-state index contributed by atoms with van der Waals surface area (Å²) in [5, 5.41) is 4.89. The van der Waals surface area contributed by atoms with Gasteiger partial charge in [0.1, 0.15) is 23.3 Å². The molecule has 0 radical (unpaired) electrons. The van der Waals surface area contributed by atoms with E-state index in [1.165, 1.54) is 11.3 Å². The van der Waals surface area contributed by atoms with Gasteiger partial charge in [0.15, 0.2) is 0 Å². The lowest BCUT2D eigenvalue weighted by atomic mass is 10.1. The zero-order chi connectivity index (χ0) is 24.8. The van der Waals surface area contributed by atoms with E-state index in [4.69, 9.17) is 19.9 Å². The first kappa shape index (κ1) is 25.1. The molecule has 4 rings (SSSR count). The molecule has 11 heteroatoms. The van der Waals surface area contributed by atoms with Gasteiger partial charge in [-0.1, -0.05) is 30.3 Å². The minimum Gasteiger partial charge on any atom is -0.443 e. The molecule has 0 unspecified atom stereocenters. The van der Waals surface area contributed by atoms with Crippen molar-refractivity contribution in [1.82, 2.24) is 19.6 Å². The topological polar surface area (TPSA) is 120 Å². The summed E-state index contributed by atoms with van der Waals surface area (Å²) in [6.07, 6.45) is 1.35. The van der Waals surface area contributed by atoms with E-state index >= 15 is 0 Å². The van der Waals surface area contributed by atoms with Crippen LogP contribution in [0.5, 0.6) is 0 Å². The van der Waals surface area contributed by atoms with Gasteiger partial charge in [0.25, 0.3) is 0 Å². The van der Waals surface area contributed by atoms with E-state index in [0.717, 1.165) is 16.1 Å². The van der Waals surface area contributed by atoms with Crippen LogP contribution in [0.25, 0.3) is 4.83 Å². The van der Waals surface area contributed by atoms with Gasteiger partial charge in [-0.25, -0.2) is 9.78 Å². The summed E-state index contributed by atoms with van der Waals surface area (Å²) in [5.74, 6) is 0.266. The maximum atomic E-state index is 12.7. The number of aromatic nitrogens is 2. The minimum absolute atomic E-state index is 0.0769. The molecule has 0 bridgehead atoms. The van der Waals surface area contributed by atoms with Gasteiger partial charge >= 0.3 is 6.09 Å². The number of hydrogen-bond acceptors (Lipinski definition) is 8. The third-order valence-electron chi connectivity index (χ3n) is 5.57. The normalized spacial score (nSPS) is 15.2. The first-order chi connectivity index (χ1) is 16.8. The molecule has 0 spiro atoms. The van der Waals surface area contributed by atoms with E-state index in [1.807, 2.05) is 40.1 Å². The second kappa shape index (κ2) is 11.2. The maximum absolute atomic E-state index is 12.7. The summed E-state index contributed by atoms with van der Waals surface area (Å²) >= 11 is 1.48.